The van der Waals surface area contributed by atoms with Gasteiger partial charge in [-0.15, -0.1) is 6.58 Å². The van der Waals surface area contributed by atoms with Gasteiger partial charge in [-0.05, 0) is 18.2 Å². The summed E-state index contributed by atoms with van der Waals surface area (Å²) in [6, 6.07) is 14.1. The van der Waals surface area contributed by atoms with Crippen LogP contribution in [0.3, 0.4) is 0 Å². The highest BCUT2D eigenvalue weighted by molar-refractivity contribution is 6.06. The van der Waals surface area contributed by atoms with E-state index in [1.54, 1.807) is 39.5 Å². The molecule has 0 fully saturated rings. The van der Waals surface area contributed by atoms with Crippen molar-refractivity contribution in [3.8, 4) is 0 Å². The second-order valence-electron chi connectivity index (χ2n) is 5.76. The van der Waals surface area contributed by atoms with E-state index >= 15 is 0 Å². The fourth-order valence-corrected chi connectivity index (χ4v) is 3.01. The Hall–Kier alpha value is -3.41. The Balaban J connectivity index is 2.07. The van der Waals surface area contributed by atoms with Crippen LogP contribution >= 0.6 is 0 Å². The van der Waals surface area contributed by atoms with Crippen molar-refractivity contribution in [1.82, 2.24) is 9.13 Å². The lowest BCUT2D eigenvalue weighted by Crippen LogP contribution is -2.27. The topological polar surface area (TPSA) is 77.1 Å². The van der Waals surface area contributed by atoms with Gasteiger partial charge in [-0.2, -0.15) is 0 Å². The number of ketones is 1. The van der Waals surface area contributed by atoms with E-state index in [1.165, 1.54) is 7.11 Å². The fraction of sp³-hybridized carbons (Fsp3) is 0.150. The zero-order valence-corrected chi connectivity index (χ0v) is 14.4. The van der Waals surface area contributed by atoms with Crippen molar-refractivity contribution in [2.75, 3.05) is 7.11 Å². The number of rotatable bonds is 6. The van der Waals surface area contributed by atoms with Gasteiger partial charge in [0, 0.05) is 12.1 Å². The molecule has 0 saturated heterocycles. The number of imidazole rings is 1. The molecule has 0 aliphatic carbocycles. The second-order valence-corrected chi connectivity index (χ2v) is 5.76. The fourth-order valence-electron chi connectivity index (χ4n) is 3.01. The maximum Gasteiger partial charge on any atom is 0.338 e. The summed E-state index contributed by atoms with van der Waals surface area (Å²) in [4.78, 5) is 24.8. The van der Waals surface area contributed by atoms with Gasteiger partial charge in [0.1, 0.15) is 0 Å². The Morgan fingerprint density at radius 1 is 1.04 bits per heavy atom. The molecule has 6 nitrogen and oxygen atoms in total. The first-order valence-electron chi connectivity index (χ1n) is 8.12. The van der Waals surface area contributed by atoms with Crippen molar-refractivity contribution in [3.05, 3.63) is 77.9 Å². The number of Topliss-reactive ketones (excluding diaryl/α,β-unsaturated/α-hetero) is 1. The van der Waals surface area contributed by atoms with Crippen molar-refractivity contribution < 1.29 is 14.3 Å². The summed E-state index contributed by atoms with van der Waals surface area (Å²) in [6.07, 6.45) is 1.71. The zero-order chi connectivity index (χ0) is 18.7. The Kier molecular flexibility index (Phi) is 4.84. The summed E-state index contributed by atoms with van der Waals surface area (Å²) in [5.74, 6) is -0.815. The highest BCUT2D eigenvalue weighted by Gasteiger charge is 2.19. The number of fused-ring (bicyclic) bond motifs is 1. The van der Waals surface area contributed by atoms with E-state index in [2.05, 4.69) is 6.58 Å². The lowest BCUT2D eigenvalue weighted by molar-refractivity contribution is 0.0596. The van der Waals surface area contributed by atoms with Crippen LogP contribution in [0.25, 0.3) is 11.0 Å². The number of allylic oxidation sites excluding steroid dienone is 1. The summed E-state index contributed by atoms with van der Waals surface area (Å²) in [5, 5.41) is 8.44. The van der Waals surface area contributed by atoms with E-state index in [4.69, 9.17) is 10.1 Å². The third kappa shape index (κ3) is 2.97. The summed E-state index contributed by atoms with van der Waals surface area (Å²) in [5.41, 5.74) is 2.35. The van der Waals surface area contributed by atoms with Crippen LogP contribution in [0.1, 0.15) is 20.7 Å². The summed E-state index contributed by atoms with van der Waals surface area (Å²) in [7, 11) is 1.28. The van der Waals surface area contributed by atoms with Gasteiger partial charge in [-0.25, -0.2) is 4.79 Å². The average Bonchev–Trinajstić information content (AvgIpc) is 2.93. The number of carbonyl (C=O) groups excluding carboxylic acids is 2. The largest absolute Gasteiger partial charge is 0.465 e. The zero-order valence-electron chi connectivity index (χ0n) is 14.4. The SMILES string of the molecule is C=CCn1c(=N)n(CC(=O)c2ccccc2C(=O)OC)c2ccccc21. The predicted octanol–water partition coefficient (Wildman–Crippen LogP) is 2.78. The number of nitrogens with one attached hydrogen (secondary N) is 1. The van der Waals surface area contributed by atoms with Gasteiger partial charge in [0.15, 0.2) is 5.78 Å². The molecule has 0 bridgehead atoms. The molecule has 0 aliphatic rings. The number of esters is 1. The normalized spacial score (nSPS) is 10.7. The lowest BCUT2D eigenvalue weighted by Gasteiger charge is -2.08. The van der Waals surface area contributed by atoms with E-state index in [0.717, 1.165) is 11.0 Å². The number of benzene rings is 2. The van der Waals surface area contributed by atoms with E-state index in [1.807, 2.05) is 24.3 Å². The molecule has 0 spiro atoms. The van der Waals surface area contributed by atoms with Crippen LogP contribution in [-0.2, 0) is 17.8 Å². The molecule has 0 amide bonds. The van der Waals surface area contributed by atoms with E-state index in [-0.39, 0.29) is 29.1 Å². The second kappa shape index (κ2) is 7.23. The van der Waals surface area contributed by atoms with E-state index in [0.29, 0.717) is 6.54 Å². The van der Waals surface area contributed by atoms with Gasteiger partial charge in [0.05, 0.1) is 30.3 Å². The summed E-state index contributed by atoms with van der Waals surface area (Å²) in [6.45, 7) is 4.16. The van der Waals surface area contributed by atoms with Gasteiger partial charge in [0.2, 0.25) is 5.62 Å². The number of aromatic nitrogens is 2. The van der Waals surface area contributed by atoms with Gasteiger partial charge in [0.25, 0.3) is 0 Å². The summed E-state index contributed by atoms with van der Waals surface area (Å²) >= 11 is 0. The number of methoxy groups -OCH3 is 1. The van der Waals surface area contributed by atoms with E-state index in [9.17, 15) is 9.59 Å². The van der Waals surface area contributed by atoms with Crippen molar-refractivity contribution in [2.45, 2.75) is 13.1 Å². The van der Waals surface area contributed by atoms with Crippen LogP contribution in [0.4, 0.5) is 0 Å². The molecule has 0 saturated carbocycles. The molecule has 26 heavy (non-hydrogen) atoms. The average molecular weight is 349 g/mol. The van der Waals surface area contributed by atoms with Gasteiger partial charge >= 0.3 is 5.97 Å². The maximum absolute atomic E-state index is 12.9. The van der Waals surface area contributed by atoms with Crippen LogP contribution in [0.5, 0.6) is 0 Å². The molecule has 0 unspecified atom stereocenters. The third-order valence-corrected chi connectivity index (χ3v) is 4.22. The predicted molar refractivity (Wildman–Crippen MR) is 98.1 cm³/mol. The van der Waals surface area contributed by atoms with Crippen LogP contribution < -0.4 is 5.62 Å². The molecule has 132 valence electrons. The number of hydrogen-bond donors (Lipinski definition) is 1. The van der Waals surface area contributed by atoms with Crippen molar-refractivity contribution in [2.24, 2.45) is 0 Å². The minimum absolute atomic E-state index is 0.0441. The summed E-state index contributed by atoms with van der Waals surface area (Å²) < 4.78 is 8.17. The molecule has 3 rings (SSSR count). The molecule has 1 N–H and O–H groups in total. The molecule has 2 aromatic carbocycles. The minimum Gasteiger partial charge on any atom is -0.465 e. The van der Waals surface area contributed by atoms with Gasteiger partial charge < -0.3 is 13.9 Å². The molecule has 0 atom stereocenters. The van der Waals surface area contributed by atoms with Crippen molar-refractivity contribution >= 4 is 22.8 Å². The van der Waals surface area contributed by atoms with Crippen LogP contribution in [0.15, 0.2) is 61.2 Å². The van der Waals surface area contributed by atoms with Gasteiger partial charge in [-0.1, -0.05) is 36.4 Å². The molecule has 6 heteroatoms. The van der Waals surface area contributed by atoms with E-state index < -0.39 is 5.97 Å². The molecule has 1 aromatic heterocycles. The quantitative estimate of drug-likeness (QED) is 0.422. The van der Waals surface area contributed by atoms with Crippen molar-refractivity contribution in [1.29, 1.82) is 5.41 Å². The number of para-hydroxylation sites is 2. The highest BCUT2D eigenvalue weighted by Crippen LogP contribution is 2.16. The maximum atomic E-state index is 12.9. The molecular weight excluding hydrogens is 330 g/mol. The van der Waals surface area contributed by atoms with Crippen LogP contribution in [0, 0.1) is 5.41 Å². The van der Waals surface area contributed by atoms with Crippen LogP contribution in [0.2, 0.25) is 0 Å². The first-order chi connectivity index (χ1) is 12.6. The molecular formula is C20H19N3O3. The molecule has 3 aromatic rings. The van der Waals surface area contributed by atoms with Crippen LogP contribution in [-0.4, -0.2) is 28.0 Å². The van der Waals surface area contributed by atoms with Gasteiger partial charge in [-0.3, -0.25) is 10.2 Å². The number of carbonyl (C=O) groups is 2. The molecule has 0 radical (unpaired) electrons. The number of hydrogen-bond acceptors (Lipinski definition) is 4. The molecule has 0 aliphatic heterocycles. The monoisotopic (exact) mass is 349 g/mol. The minimum atomic E-state index is -0.556. The molecule has 1 heterocycles. The first-order valence-corrected chi connectivity index (χ1v) is 8.12. The Morgan fingerprint density at radius 2 is 1.62 bits per heavy atom. The third-order valence-electron chi connectivity index (χ3n) is 4.22. The lowest BCUT2D eigenvalue weighted by atomic mass is 10.0. The smallest absolute Gasteiger partial charge is 0.338 e. The Bertz CT molecular complexity index is 1060. The van der Waals surface area contributed by atoms with Crippen molar-refractivity contribution in [3.63, 3.8) is 0 Å². The number of nitrogens with zero attached hydrogens (tertiary/aromatic N) is 2. The first kappa shape index (κ1) is 17.4. The number of ether oxygens (including phenoxy) is 1. The standard InChI is InChI=1S/C20H19N3O3/c1-3-12-22-16-10-6-7-11-17(16)23(20(22)21)13-18(24)14-8-4-5-9-15(14)19(25)26-2/h3-11,21H,1,12-13H2,2H3. The Labute approximate surface area is 150 Å². The Morgan fingerprint density at radius 3 is 2.23 bits per heavy atom. The highest BCUT2D eigenvalue weighted by atomic mass is 16.5.